The van der Waals surface area contributed by atoms with Crippen molar-refractivity contribution in [3.05, 3.63) is 77.6 Å². The Labute approximate surface area is 205 Å². The molecule has 1 amide bonds. The topological polar surface area (TPSA) is 101 Å². The smallest absolute Gasteiger partial charge is 0.264 e. The van der Waals surface area contributed by atoms with Gasteiger partial charge in [0.1, 0.15) is 11.8 Å². The summed E-state index contributed by atoms with van der Waals surface area (Å²) in [6, 6.07) is 17.0. The number of ether oxygens (including phenoxy) is 1. The molecule has 2 N–H and O–H groups in total. The van der Waals surface area contributed by atoms with Gasteiger partial charge < -0.3 is 19.8 Å². The Morgan fingerprint density at radius 3 is 2.54 bits per heavy atom. The SMILES string of the molecule is C[C@@H]1[C@@H](C(C)(C)O)[C@H](CCn2cc([C@H](O)c3ccccc3)nn2)O[C@@]12C(=O)N(C)c1ccccc12. The number of carbonyl (C=O) groups is 1. The maximum Gasteiger partial charge on any atom is 0.264 e. The van der Waals surface area contributed by atoms with Crippen LogP contribution in [0, 0.1) is 11.8 Å². The molecule has 2 aliphatic heterocycles. The lowest BCUT2D eigenvalue weighted by Gasteiger charge is -2.34. The molecule has 184 valence electrons. The predicted molar refractivity (Wildman–Crippen MR) is 130 cm³/mol. The van der Waals surface area contributed by atoms with Crippen molar-refractivity contribution in [2.75, 3.05) is 11.9 Å². The predicted octanol–water partition coefficient (Wildman–Crippen LogP) is 3.04. The lowest BCUT2D eigenvalue weighted by atomic mass is 9.71. The second-order valence-corrected chi connectivity index (χ2v) is 10.2. The van der Waals surface area contributed by atoms with Crippen molar-refractivity contribution >= 4 is 11.6 Å². The Balaban J connectivity index is 1.40. The number of hydrogen-bond donors (Lipinski definition) is 2. The molecule has 0 unspecified atom stereocenters. The molecule has 8 nitrogen and oxygen atoms in total. The molecule has 5 atom stereocenters. The summed E-state index contributed by atoms with van der Waals surface area (Å²) in [7, 11) is 1.77. The molecule has 5 rings (SSSR count). The van der Waals surface area contributed by atoms with Gasteiger partial charge in [-0.25, -0.2) is 0 Å². The number of hydrogen-bond acceptors (Lipinski definition) is 6. The van der Waals surface area contributed by atoms with E-state index in [4.69, 9.17) is 4.74 Å². The molecule has 1 saturated heterocycles. The Bertz CT molecular complexity index is 1220. The van der Waals surface area contributed by atoms with Gasteiger partial charge in [-0.1, -0.05) is 60.7 Å². The summed E-state index contributed by atoms with van der Waals surface area (Å²) in [6.07, 6.45) is 1.03. The third-order valence-corrected chi connectivity index (χ3v) is 7.62. The number of aliphatic hydroxyl groups is 2. The highest BCUT2D eigenvalue weighted by molar-refractivity contribution is 6.07. The number of anilines is 1. The van der Waals surface area contributed by atoms with Crippen LogP contribution >= 0.6 is 0 Å². The van der Waals surface area contributed by atoms with Crippen LogP contribution in [0.25, 0.3) is 0 Å². The summed E-state index contributed by atoms with van der Waals surface area (Å²) < 4.78 is 8.33. The number of amides is 1. The van der Waals surface area contributed by atoms with E-state index in [-0.39, 0.29) is 23.8 Å². The van der Waals surface area contributed by atoms with Gasteiger partial charge in [0.05, 0.1) is 23.6 Å². The molecule has 35 heavy (non-hydrogen) atoms. The van der Waals surface area contributed by atoms with Crippen LogP contribution in [0.15, 0.2) is 60.8 Å². The largest absolute Gasteiger partial charge is 0.390 e. The van der Waals surface area contributed by atoms with Crippen molar-refractivity contribution < 1.29 is 19.7 Å². The molecule has 1 spiro atoms. The van der Waals surface area contributed by atoms with E-state index >= 15 is 0 Å². The first-order chi connectivity index (χ1) is 16.6. The quantitative estimate of drug-likeness (QED) is 0.567. The normalized spacial score (nSPS) is 27.0. The number of aryl methyl sites for hydroxylation is 1. The standard InChI is InChI=1S/C27H32N4O4/c1-17-23(26(2,3)34)22(35-27(17)19-12-8-9-13-21(19)30(4)25(27)33)14-15-31-16-20(28-29-31)24(32)18-10-6-5-7-11-18/h5-13,16-17,22-24,32,34H,14-15H2,1-4H3/t17-,22+,23-,24-,27+/m1/s1. The van der Waals surface area contributed by atoms with Gasteiger partial charge in [-0.05, 0) is 31.9 Å². The van der Waals surface area contributed by atoms with E-state index < -0.39 is 17.3 Å². The van der Waals surface area contributed by atoms with Gasteiger partial charge in [0.2, 0.25) is 0 Å². The maximum atomic E-state index is 13.6. The number of para-hydroxylation sites is 1. The van der Waals surface area contributed by atoms with E-state index in [1.807, 2.05) is 61.5 Å². The number of benzene rings is 2. The van der Waals surface area contributed by atoms with E-state index in [1.54, 1.807) is 36.7 Å². The number of carbonyl (C=O) groups excluding carboxylic acids is 1. The minimum absolute atomic E-state index is 0.100. The molecule has 1 fully saturated rings. The highest BCUT2D eigenvalue weighted by Crippen LogP contribution is 2.57. The fraction of sp³-hybridized carbons (Fsp3) is 0.444. The van der Waals surface area contributed by atoms with Gasteiger partial charge in [0, 0.05) is 31.0 Å². The van der Waals surface area contributed by atoms with E-state index in [9.17, 15) is 15.0 Å². The Morgan fingerprint density at radius 2 is 1.83 bits per heavy atom. The minimum atomic E-state index is -1.13. The average Bonchev–Trinajstić information content (AvgIpc) is 3.49. The van der Waals surface area contributed by atoms with Crippen LogP contribution in [-0.2, 0) is 21.7 Å². The fourth-order valence-corrected chi connectivity index (χ4v) is 6.02. The molecule has 2 aromatic carbocycles. The molecule has 8 heteroatoms. The van der Waals surface area contributed by atoms with Crippen LogP contribution in [0.3, 0.4) is 0 Å². The summed E-state index contributed by atoms with van der Waals surface area (Å²) in [5, 5.41) is 30.1. The van der Waals surface area contributed by atoms with E-state index in [2.05, 4.69) is 10.3 Å². The van der Waals surface area contributed by atoms with Gasteiger partial charge in [-0.2, -0.15) is 0 Å². The summed E-state index contributed by atoms with van der Waals surface area (Å²) in [6.45, 7) is 6.03. The summed E-state index contributed by atoms with van der Waals surface area (Å²) in [5.41, 5.74) is 0.729. The van der Waals surface area contributed by atoms with Crippen LogP contribution < -0.4 is 4.90 Å². The van der Waals surface area contributed by atoms with Crippen LogP contribution in [0.1, 0.15) is 50.1 Å². The van der Waals surface area contributed by atoms with Gasteiger partial charge in [0.15, 0.2) is 5.60 Å². The molecule has 2 aliphatic rings. The van der Waals surface area contributed by atoms with Crippen LogP contribution in [0.5, 0.6) is 0 Å². The monoisotopic (exact) mass is 476 g/mol. The van der Waals surface area contributed by atoms with E-state index in [1.165, 1.54) is 0 Å². The van der Waals surface area contributed by atoms with Gasteiger partial charge in [0.25, 0.3) is 5.91 Å². The average molecular weight is 477 g/mol. The maximum absolute atomic E-state index is 13.6. The molecule has 3 aromatic rings. The molecule has 0 bridgehead atoms. The number of aromatic nitrogens is 3. The Morgan fingerprint density at radius 1 is 1.14 bits per heavy atom. The van der Waals surface area contributed by atoms with Crippen molar-refractivity contribution in [1.82, 2.24) is 15.0 Å². The minimum Gasteiger partial charge on any atom is -0.390 e. The zero-order valence-electron chi connectivity index (χ0n) is 20.5. The Kier molecular flexibility index (Phi) is 5.78. The van der Waals surface area contributed by atoms with Crippen molar-refractivity contribution in [3.8, 4) is 0 Å². The molecule has 3 heterocycles. The third kappa shape index (κ3) is 3.76. The summed E-state index contributed by atoms with van der Waals surface area (Å²) in [5.74, 6) is -0.613. The second kappa shape index (κ2) is 8.55. The number of aliphatic hydroxyl groups excluding tert-OH is 1. The van der Waals surface area contributed by atoms with Gasteiger partial charge in [-0.15, -0.1) is 5.10 Å². The van der Waals surface area contributed by atoms with Gasteiger partial charge >= 0.3 is 0 Å². The molecule has 0 saturated carbocycles. The first-order valence-electron chi connectivity index (χ1n) is 12.1. The fourth-order valence-electron chi connectivity index (χ4n) is 6.02. The molecule has 0 radical (unpaired) electrons. The van der Waals surface area contributed by atoms with Crippen molar-refractivity contribution in [3.63, 3.8) is 0 Å². The molecular formula is C27H32N4O4. The van der Waals surface area contributed by atoms with E-state index in [0.29, 0.717) is 18.7 Å². The number of fused-ring (bicyclic) bond motifs is 2. The van der Waals surface area contributed by atoms with Crippen molar-refractivity contribution in [2.45, 2.75) is 57.1 Å². The lowest BCUT2D eigenvalue weighted by molar-refractivity contribution is -0.145. The first kappa shape index (κ1) is 23.7. The van der Waals surface area contributed by atoms with Crippen molar-refractivity contribution in [1.29, 1.82) is 0 Å². The van der Waals surface area contributed by atoms with Crippen LogP contribution in [0.4, 0.5) is 5.69 Å². The second-order valence-electron chi connectivity index (χ2n) is 10.2. The van der Waals surface area contributed by atoms with Crippen molar-refractivity contribution in [2.24, 2.45) is 11.8 Å². The van der Waals surface area contributed by atoms with Gasteiger partial charge in [-0.3, -0.25) is 9.48 Å². The summed E-state index contributed by atoms with van der Waals surface area (Å²) >= 11 is 0. The molecular weight excluding hydrogens is 444 g/mol. The molecule has 0 aliphatic carbocycles. The van der Waals surface area contributed by atoms with Crippen LogP contribution in [0.2, 0.25) is 0 Å². The highest BCUT2D eigenvalue weighted by Gasteiger charge is 2.65. The number of likely N-dealkylation sites (N-methyl/N-ethyl adjacent to an activating group) is 1. The zero-order chi connectivity index (χ0) is 25.0. The third-order valence-electron chi connectivity index (χ3n) is 7.62. The number of nitrogens with zero attached hydrogens (tertiary/aromatic N) is 4. The molecule has 1 aromatic heterocycles. The first-order valence-corrected chi connectivity index (χ1v) is 12.1. The Hall–Kier alpha value is -3.07. The summed E-state index contributed by atoms with van der Waals surface area (Å²) in [4.78, 5) is 15.2. The van der Waals surface area contributed by atoms with Crippen LogP contribution in [-0.4, -0.2) is 49.9 Å². The number of rotatable bonds is 6. The zero-order valence-corrected chi connectivity index (χ0v) is 20.5. The highest BCUT2D eigenvalue weighted by atomic mass is 16.5. The van der Waals surface area contributed by atoms with E-state index in [0.717, 1.165) is 16.8 Å². The lowest BCUT2D eigenvalue weighted by Crippen LogP contribution is -2.45.